The van der Waals surface area contributed by atoms with Crippen LogP contribution in [0.5, 0.6) is 0 Å². The molecule has 0 aromatic carbocycles. The molecule has 0 saturated heterocycles. The van der Waals surface area contributed by atoms with Crippen molar-refractivity contribution in [3.05, 3.63) is 39.3 Å². The standard InChI is InChI=1S/C12H16ClN3S/c1-14-10(11-5-6-12(13)17-11)4-3-9-7-15-16(2)8-9/h5-8,10,14H,3-4H2,1-2H3. The topological polar surface area (TPSA) is 29.9 Å². The molecule has 1 N–H and O–H groups in total. The molecule has 0 fully saturated rings. The second-order valence-electron chi connectivity index (χ2n) is 4.04. The van der Waals surface area contributed by atoms with Gasteiger partial charge in [0.2, 0.25) is 0 Å². The summed E-state index contributed by atoms with van der Waals surface area (Å²) in [6.45, 7) is 0. The Bertz CT molecular complexity index is 478. The highest BCUT2D eigenvalue weighted by Gasteiger charge is 2.12. The first-order chi connectivity index (χ1) is 8.19. The highest BCUT2D eigenvalue weighted by Crippen LogP contribution is 2.29. The van der Waals surface area contributed by atoms with E-state index in [0.29, 0.717) is 6.04 Å². The number of halogens is 1. The molecule has 2 rings (SSSR count). The molecule has 3 nitrogen and oxygen atoms in total. The number of thiophene rings is 1. The molecule has 1 atom stereocenters. The zero-order valence-electron chi connectivity index (χ0n) is 9.98. The average Bonchev–Trinajstić information content (AvgIpc) is 2.89. The van der Waals surface area contributed by atoms with E-state index in [9.17, 15) is 0 Å². The van der Waals surface area contributed by atoms with Crippen LogP contribution in [-0.4, -0.2) is 16.8 Å². The molecule has 2 aromatic rings. The highest BCUT2D eigenvalue weighted by molar-refractivity contribution is 7.16. The number of hydrogen-bond acceptors (Lipinski definition) is 3. The summed E-state index contributed by atoms with van der Waals surface area (Å²) in [7, 11) is 3.93. The Morgan fingerprint density at radius 1 is 1.53 bits per heavy atom. The van der Waals surface area contributed by atoms with Gasteiger partial charge in [0.05, 0.1) is 10.5 Å². The van der Waals surface area contributed by atoms with Crippen molar-refractivity contribution in [2.75, 3.05) is 7.05 Å². The van der Waals surface area contributed by atoms with Crippen LogP contribution in [0.3, 0.4) is 0 Å². The average molecular weight is 270 g/mol. The number of aryl methyl sites for hydroxylation is 2. The van der Waals surface area contributed by atoms with Crippen LogP contribution in [0.1, 0.15) is 22.9 Å². The van der Waals surface area contributed by atoms with Crippen molar-refractivity contribution < 1.29 is 0 Å². The van der Waals surface area contributed by atoms with E-state index >= 15 is 0 Å². The van der Waals surface area contributed by atoms with Crippen molar-refractivity contribution >= 4 is 22.9 Å². The predicted octanol–water partition coefficient (Wildman–Crippen LogP) is 3.03. The van der Waals surface area contributed by atoms with Crippen LogP contribution in [0.2, 0.25) is 4.34 Å². The summed E-state index contributed by atoms with van der Waals surface area (Å²) < 4.78 is 2.69. The van der Waals surface area contributed by atoms with E-state index in [1.807, 2.05) is 31.0 Å². The summed E-state index contributed by atoms with van der Waals surface area (Å²) in [6.07, 6.45) is 6.07. The van der Waals surface area contributed by atoms with Crippen molar-refractivity contribution in [2.45, 2.75) is 18.9 Å². The van der Waals surface area contributed by atoms with E-state index < -0.39 is 0 Å². The van der Waals surface area contributed by atoms with Crippen molar-refractivity contribution in [3.8, 4) is 0 Å². The van der Waals surface area contributed by atoms with Gasteiger partial charge in [-0.25, -0.2) is 0 Å². The second-order valence-corrected chi connectivity index (χ2v) is 5.79. The van der Waals surface area contributed by atoms with Gasteiger partial charge in [-0.15, -0.1) is 11.3 Å². The van der Waals surface area contributed by atoms with Crippen molar-refractivity contribution in [1.82, 2.24) is 15.1 Å². The summed E-state index contributed by atoms with van der Waals surface area (Å²) in [5.41, 5.74) is 1.27. The summed E-state index contributed by atoms with van der Waals surface area (Å²) in [5, 5.41) is 7.51. The van der Waals surface area contributed by atoms with Gasteiger partial charge in [-0.2, -0.15) is 5.10 Å². The van der Waals surface area contributed by atoms with E-state index in [0.717, 1.165) is 17.2 Å². The number of rotatable bonds is 5. The van der Waals surface area contributed by atoms with Gasteiger partial charge >= 0.3 is 0 Å². The lowest BCUT2D eigenvalue weighted by Gasteiger charge is -2.13. The number of aromatic nitrogens is 2. The number of hydrogen-bond donors (Lipinski definition) is 1. The smallest absolute Gasteiger partial charge is 0.0931 e. The molecule has 0 aliphatic rings. The van der Waals surface area contributed by atoms with Gasteiger partial charge in [-0.1, -0.05) is 11.6 Å². The lowest BCUT2D eigenvalue weighted by Crippen LogP contribution is -2.15. The van der Waals surface area contributed by atoms with Crippen LogP contribution in [-0.2, 0) is 13.5 Å². The lowest BCUT2D eigenvalue weighted by molar-refractivity contribution is 0.558. The van der Waals surface area contributed by atoms with Gasteiger partial charge < -0.3 is 5.32 Å². The minimum atomic E-state index is 0.368. The molecule has 2 heterocycles. The van der Waals surface area contributed by atoms with Gasteiger partial charge in [0.1, 0.15) is 0 Å². The Labute approximate surface area is 110 Å². The second kappa shape index (κ2) is 5.67. The molecular weight excluding hydrogens is 254 g/mol. The Balaban J connectivity index is 1.96. The first kappa shape index (κ1) is 12.6. The lowest BCUT2D eigenvalue weighted by atomic mass is 10.1. The molecule has 5 heteroatoms. The maximum absolute atomic E-state index is 5.96. The third kappa shape index (κ3) is 3.31. The molecule has 0 bridgehead atoms. The zero-order valence-corrected chi connectivity index (χ0v) is 11.6. The maximum Gasteiger partial charge on any atom is 0.0931 e. The Hall–Kier alpha value is -0.840. The molecule has 2 aromatic heterocycles. The molecule has 0 aliphatic heterocycles. The van der Waals surface area contributed by atoms with Crippen molar-refractivity contribution in [3.63, 3.8) is 0 Å². The molecule has 0 aliphatic carbocycles. The molecule has 0 saturated carbocycles. The summed E-state index contributed by atoms with van der Waals surface area (Å²) in [4.78, 5) is 1.29. The third-order valence-electron chi connectivity index (χ3n) is 2.77. The fraction of sp³-hybridized carbons (Fsp3) is 0.417. The van der Waals surface area contributed by atoms with Crippen LogP contribution < -0.4 is 5.32 Å². The summed E-state index contributed by atoms with van der Waals surface area (Å²) >= 11 is 7.60. The fourth-order valence-corrected chi connectivity index (χ4v) is 3.06. The van der Waals surface area contributed by atoms with Gasteiger partial charge in [0.15, 0.2) is 0 Å². The minimum Gasteiger partial charge on any atom is -0.312 e. The third-order valence-corrected chi connectivity index (χ3v) is 4.11. The number of nitrogens with zero attached hydrogens (tertiary/aromatic N) is 2. The molecule has 17 heavy (non-hydrogen) atoms. The van der Waals surface area contributed by atoms with E-state index in [4.69, 9.17) is 11.6 Å². The molecule has 92 valence electrons. The normalized spacial score (nSPS) is 12.9. The molecule has 0 radical (unpaired) electrons. The van der Waals surface area contributed by atoms with E-state index in [1.54, 1.807) is 11.3 Å². The van der Waals surface area contributed by atoms with E-state index in [-0.39, 0.29) is 0 Å². The quantitative estimate of drug-likeness (QED) is 0.904. The van der Waals surface area contributed by atoms with Crippen LogP contribution in [0.15, 0.2) is 24.5 Å². The molecular formula is C12H16ClN3S. The van der Waals surface area contributed by atoms with Crippen LogP contribution in [0, 0.1) is 0 Å². The maximum atomic E-state index is 5.96. The van der Waals surface area contributed by atoms with Crippen molar-refractivity contribution in [1.29, 1.82) is 0 Å². The van der Waals surface area contributed by atoms with E-state index in [2.05, 4.69) is 22.7 Å². The Morgan fingerprint density at radius 3 is 2.88 bits per heavy atom. The number of nitrogens with one attached hydrogen (secondary N) is 1. The first-order valence-corrected chi connectivity index (χ1v) is 6.78. The fourth-order valence-electron chi connectivity index (χ4n) is 1.86. The Kier molecular flexibility index (Phi) is 4.20. The van der Waals surface area contributed by atoms with Gasteiger partial charge in [0.25, 0.3) is 0 Å². The SMILES string of the molecule is CNC(CCc1cnn(C)c1)c1ccc(Cl)s1. The minimum absolute atomic E-state index is 0.368. The molecule has 0 spiro atoms. The highest BCUT2D eigenvalue weighted by atomic mass is 35.5. The Morgan fingerprint density at radius 2 is 2.35 bits per heavy atom. The van der Waals surface area contributed by atoms with Crippen LogP contribution in [0.4, 0.5) is 0 Å². The van der Waals surface area contributed by atoms with Gasteiger partial charge in [-0.3, -0.25) is 4.68 Å². The zero-order chi connectivity index (χ0) is 12.3. The monoisotopic (exact) mass is 269 g/mol. The predicted molar refractivity (Wildman–Crippen MR) is 72.7 cm³/mol. The van der Waals surface area contributed by atoms with Gasteiger partial charge in [0, 0.05) is 24.2 Å². The first-order valence-electron chi connectivity index (χ1n) is 5.59. The van der Waals surface area contributed by atoms with Crippen LogP contribution >= 0.6 is 22.9 Å². The van der Waals surface area contributed by atoms with Crippen molar-refractivity contribution in [2.24, 2.45) is 7.05 Å². The van der Waals surface area contributed by atoms with Gasteiger partial charge in [-0.05, 0) is 37.6 Å². The molecule has 1 unspecified atom stereocenters. The van der Waals surface area contributed by atoms with Crippen LogP contribution in [0.25, 0.3) is 0 Å². The molecule has 0 amide bonds. The summed E-state index contributed by atoms with van der Waals surface area (Å²) in [6, 6.07) is 4.42. The largest absolute Gasteiger partial charge is 0.312 e. The summed E-state index contributed by atoms with van der Waals surface area (Å²) in [5.74, 6) is 0. The van der Waals surface area contributed by atoms with E-state index in [1.165, 1.54) is 10.4 Å².